The van der Waals surface area contributed by atoms with Gasteiger partial charge in [-0.25, -0.2) is 4.85 Å². The van der Waals surface area contributed by atoms with Gasteiger partial charge in [0.2, 0.25) is 6.79 Å². The quantitative estimate of drug-likeness (QED) is 0.727. The second kappa shape index (κ2) is 6.07. The predicted octanol–water partition coefficient (Wildman–Crippen LogP) is 2.83. The molecule has 3 aliphatic heterocycles. The van der Waals surface area contributed by atoms with Gasteiger partial charge >= 0.3 is 0 Å². The van der Waals surface area contributed by atoms with Crippen molar-refractivity contribution in [1.82, 2.24) is 15.5 Å². The third-order valence-corrected chi connectivity index (χ3v) is 5.39. The van der Waals surface area contributed by atoms with Crippen LogP contribution in [0.3, 0.4) is 0 Å². The molecule has 0 saturated carbocycles. The lowest BCUT2D eigenvalue weighted by molar-refractivity contribution is 0.173. The van der Waals surface area contributed by atoms with E-state index in [1.54, 1.807) is 6.20 Å². The van der Waals surface area contributed by atoms with Crippen LogP contribution >= 0.6 is 0 Å². The van der Waals surface area contributed by atoms with E-state index in [1.807, 2.05) is 18.2 Å². The van der Waals surface area contributed by atoms with E-state index in [0.717, 1.165) is 65.8 Å². The van der Waals surface area contributed by atoms with Crippen molar-refractivity contribution in [3.8, 4) is 11.5 Å². The van der Waals surface area contributed by atoms with Crippen molar-refractivity contribution in [2.45, 2.75) is 18.8 Å². The number of nitrogens with zero attached hydrogens (tertiary/aromatic N) is 2. The fourth-order valence-electron chi connectivity index (χ4n) is 4.16. The fraction of sp³-hybridized carbons (Fsp3) is 0.368. The van der Waals surface area contributed by atoms with Crippen molar-refractivity contribution in [2.24, 2.45) is 5.92 Å². The number of anilines is 1. The number of ether oxygens (including phenoxy) is 2. The molecule has 5 rings (SSSR count). The highest BCUT2D eigenvalue weighted by atomic mass is 16.7. The maximum Gasteiger partial charge on any atom is 0.231 e. The van der Waals surface area contributed by atoms with Crippen LogP contribution in [0.2, 0.25) is 0 Å². The number of aromatic nitrogens is 2. The Hall–Kier alpha value is -2.98. The summed E-state index contributed by atoms with van der Waals surface area (Å²) in [7, 11) is 0. The first-order valence-electron chi connectivity index (χ1n) is 8.88. The van der Waals surface area contributed by atoms with Gasteiger partial charge in [0.25, 0.3) is 0 Å². The lowest BCUT2D eigenvalue weighted by atomic mass is 9.82. The van der Waals surface area contributed by atoms with Crippen molar-refractivity contribution in [3.05, 3.63) is 58.3 Å². The molecule has 3 aliphatic rings. The van der Waals surface area contributed by atoms with E-state index in [0.29, 0.717) is 5.92 Å². The molecule has 0 bridgehead atoms. The number of hydrogen-bond donors (Lipinski definition) is 3. The zero-order valence-corrected chi connectivity index (χ0v) is 14.2. The molecule has 1 atom stereocenters. The van der Waals surface area contributed by atoms with Gasteiger partial charge in [-0.15, -0.1) is 0 Å². The molecule has 0 spiro atoms. The van der Waals surface area contributed by atoms with Gasteiger partial charge in [0.1, 0.15) is 5.82 Å². The Kier molecular flexibility index (Phi) is 3.57. The molecule has 1 fully saturated rings. The first-order chi connectivity index (χ1) is 12.9. The van der Waals surface area contributed by atoms with Crippen LogP contribution in [0.15, 0.2) is 35.8 Å². The zero-order chi connectivity index (χ0) is 17.5. The van der Waals surface area contributed by atoms with Crippen LogP contribution in [0.5, 0.6) is 11.5 Å². The topological polar surface area (TPSA) is 75.6 Å². The molecule has 0 aliphatic carbocycles. The largest absolute Gasteiger partial charge is 0.454 e. The van der Waals surface area contributed by atoms with Crippen molar-refractivity contribution in [1.29, 1.82) is 0 Å². The third-order valence-electron chi connectivity index (χ3n) is 5.39. The molecule has 0 amide bonds. The van der Waals surface area contributed by atoms with E-state index in [4.69, 9.17) is 16.0 Å². The molecule has 1 unspecified atom stereocenters. The molecule has 2 aromatic rings. The van der Waals surface area contributed by atoms with Gasteiger partial charge in [-0.1, -0.05) is 12.1 Å². The van der Waals surface area contributed by atoms with Crippen LogP contribution in [0.1, 0.15) is 29.9 Å². The van der Waals surface area contributed by atoms with E-state index in [9.17, 15) is 0 Å². The number of para-hydroxylation sites is 1. The average molecular weight is 349 g/mol. The van der Waals surface area contributed by atoms with Crippen molar-refractivity contribution < 1.29 is 9.47 Å². The number of piperidine rings is 1. The second-order valence-corrected chi connectivity index (χ2v) is 6.77. The summed E-state index contributed by atoms with van der Waals surface area (Å²) >= 11 is 0. The second-order valence-electron chi connectivity index (χ2n) is 6.77. The average Bonchev–Trinajstić information content (AvgIpc) is 3.36. The summed E-state index contributed by atoms with van der Waals surface area (Å²) in [5.74, 6) is 2.47. The van der Waals surface area contributed by atoms with Crippen LogP contribution < -0.4 is 20.1 Å². The van der Waals surface area contributed by atoms with Crippen molar-refractivity contribution in [3.63, 3.8) is 0 Å². The molecule has 0 radical (unpaired) electrons. The number of benzene rings is 1. The number of rotatable bonds is 2. The Balaban J connectivity index is 1.68. The maximum absolute atomic E-state index is 7.93. The lowest BCUT2D eigenvalue weighted by Crippen LogP contribution is -2.32. The summed E-state index contributed by atoms with van der Waals surface area (Å²) in [6.45, 7) is 10.1. The standard InChI is InChI=1S/C19H19N5O2/c1-20-17-15(12-3-2-4-14-18(12)26-10-25-14)13-9-22-24-19(13)23-16(17)11-5-7-21-8-6-11/h2-4,9,11,15,21H,5-8,10H2,(H2,22,23,24). The summed E-state index contributed by atoms with van der Waals surface area (Å²) in [5, 5.41) is 14.1. The minimum Gasteiger partial charge on any atom is -0.454 e. The van der Waals surface area contributed by atoms with Gasteiger partial charge in [0.05, 0.1) is 18.7 Å². The van der Waals surface area contributed by atoms with E-state index < -0.39 is 0 Å². The number of hydrogen-bond acceptors (Lipinski definition) is 5. The Labute approximate surface area is 151 Å². The van der Waals surface area contributed by atoms with Crippen LogP contribution in [0.4, 0.5) is 5.82 Å². The fourth-order valence-corrected chi connectivity index (χ4v) is 4.16. The highest BCUT2D eigenvalue weighted by Gasteiger charge is 2.37. The van der Waals surface area contributed by atoms with Gasteiger partial charge in [0, 0.05) is 16.8 Å². The van der Waals surface area contributed by atoms with Crippen molar-refractivity contribution in [2.75, 3.05) is 25.2 Å². The Morgan fingerprint density at radius 1 is 1.15 bits per heavy atom. The molecule has 1 saturated heterocycles. The summed E-state index contributed by atoms with van der Waals surface area (Å²) in [6.07, 6.45) is 3.83. The van der Waals surface area contributed by atoms with Crippen LogP contribution in [-0.4, -0.2) is 30.1 Å². The maximum atomic E-state index is 7.93. The highest BCUT2D eigenvalue weighted by Crippen LogP contribution is 2.49. The number of aromatic amines is 1. The number of H-pyrrole nitrogens is 1. The van der Waals surface area contributed by atoms with E-state index in [-0.39, 0.29) is 12.7 Å². The SMILES string of the molecule is [C-]#[N+]C1=C(C2CCNCC2)Nc2[nH]ncc2C1c1cccc2c1OCO2. The first kappa shape index (κ1) is 15.3. The third kappa shape index (κ3) is 2.26. The van der Waals surface area contributed by atoms with Gasteiger partial charge in [0.15, 0.2) is 17.2 Å². The molecule has 1 aromatic carbocycles. The van der Waals surface area contributed by atoms with Gasteiger partial charge in [-0.3, -0.25) is 5.10 Å². The molecular weight excluding hydrogens is 330 g/mol. The molecule has 4 heterocycles. The molecule has 132 valence electrons. The van der Waals surface area contributed by atoms with Gasteiger partial charge < -0.3 is 20.1 Å². The lowest BCUT2D eigenvalue weighted by Gasteiger charge is -2.33. The molecule has 7 heteroatoms. The Morgan fingerprint density at radius 2 is 2.04 bits per heavy atom. The Bertz CT molecular complexity index is 920. The summed E-state index contributed by atoms with van der Waals surface area (Å²) in [5.41, 5.74) is 3.67. The monoisotopic (exact) mass is 349 g/mol. The Morgan fingerprint density at radius 3 is 2.88 bits per heavy atom. The first-order valence-corrected chi connectivity index (χ1v) is 8.88. The van der Waals surface area contributed by atoms with Gasteiger partial charge in [-0.05, 0) is 37.9 Å². The molecular formula is C19H19N5O2. The summed E-state index contributed by atoms with van der Waals surface area (Å²) in [4.78, 5) is 3.97. The smallest absolute Gasteiger partial charge is 0.231 e. The minimum atomic E-state index is -0.205. The minimum absolute atomic E-state index is 0.205. The summed E-state index contributed by atoms with van der Waals surface area (Å²) < 4.78 is 11.3. The van der Waals surface area contributed by atoms with Crippen LogP contribution in [-0.2, 0) is 0 Å². The molecule has 26 heavy (non-hydrogen) atoms. The predicted molar refractivity (Wildman–Crippen MR) is 95.8 cm³/mol. The highest BCUT2D eigenvalue weighted by molar-refractivity contribution is 5.66. The number of allylic oxidation sites excluding steroid dienone is 2. The normalized spacial score (nSPS) is 21.9. The van der Waals surface area contributed by atoms with Crippen molar-refractivity contribution >= 4 is 5.82 Å². The molecule has 3 N–H and O–H groups in total. The van der Waals surface area contributed by atoms with Crippen LogP contribution in [0, 0.1) is 12.5 Å². The number of fused-ring (bicyclic) bond motifs is 2. The van der Waals surface area contributed by atoms with E-state index in [1.165, 1.54) is 0 Å². The zero-order valence-electron chi connectivity index (χ0n) is 14.2. The number of nitrogens with one attached hydrogen (secondary N) is 3. The van der Waals surface area contributed by atoms with E-state index in [2.05, 4.69) is 25.7 Å². The molecule has 1 aromatic heterocycles. The van der Waals surface area contributed by atoms with E-state index >= 15 is 0 Å². The van der Waals surface area contributed by atoms with Gasteiger partial charge in [-0.2, -0.15) is 5.10 Å². The van der Waals surface area contributed by atoms with Crippen LogP contribution in [0.25, 0.3) is 4.85 Å². The summed E-state index contributed by atoms with van der Waals surface area (Å²) in [6, 6.07) is 5.88. The molecule has 7 nitrogen and oxygen atoms in total.